The van der Waals surface area contributed by atoms with Gasteiger partial charge in [0.1, 0.15) is 0 Å². The summed E-state index contributed by atoms with van der Waals surface area (Å²) in [6.45, 7) is 2.76. The van der Waals surface area contributed by atoms with Gasteiger partial charge in [0.05, 0.1) is 6.54 Å². The van der Waals surface area contributed by atoms with Gasteiger partial charge in [-0.05, 0) is 31.4 Å². The van der Waals surface area contributed by atoms with Crippen LogP contribution in [0.3, 0.4) is 0 Å². The summed E-state index contributed by atoms with van der Waals surface area (Å²) in [5.74, 6) is 0. The fourth-order valence-electron chi connectivity index (χ4n) is 3.11. The molecule has 0 bridgehead atoms. The zero-order valence-corrected chi connectivity index (χ0v) is 13.2. The topological polar surface area (TPSA) is 47.2 Å². The number of hydrogen-bond acceptors (Lipinski definition) is 3. The lowest BCUT2D eigenvalue weighted by atomic mass is 9.96. The van der Waals surface area contributed by atoms with E-state index < -0.39 is 0 Å². The predicted molar refractivity (Wildman–Crippen MR) is 87.3 cm³/mol. The second-order valence-corrected chi connectivity index (χ2v) is 6.02. The van der Waals surface area contributed by atoms with Gasteiger partial charge in [0.15, 0.2) is 0 Å². The molecule has 0 saturated heterocycles. The van der Waals surface area contributed by atoms with Crippen LogP contribution in [0.5, 0.6) is 0 Å². The number of nitrogens with zero attached hydrogens (tertiary/aromatic N) is 3. The second kappa shape index (κ2) is 5.48. The molecule has 0 fully saturated rings. The normalized spacial score (nSPS) is 17.4. The number of aryl methyl sites for hydroxylation is 1. The number of para-hydroxylation sites is 1. The zero-order valence-electron chi connectivity index (χ0n) is 13.2. The van der Waals surface area contributed by atoms with E-state index in [0.717, 1.165) is 23.1 Å². The van der Waals surface area contributed by atoms with Crippen molar-refractivity contribution >= 4 is 5.69 Å². The molecule has 3 rings (SSSR count). The van der Waals surface area contributed by atoms with E-state index in [-0.39, 0.29) is 11.2 Å². The van der Waals surface area contributed by atoms with E-state index in [1.165, 1.54) is 18.3 Å². The molecule has 0 N–H and O–H groups in total. The average Bonchev–Trinajstić information content (AvgIpc) is 2.53. The molecule has 5 heteroatoms. The predicted octanol–water partition coefficient (Wildman–Crippen LogP) is 1.43. The first-order valence-corrected chi connectivity index (χ1v) is 7.59. The maximum atomic E-state index is 12.1. The molecule has 1 atom stereocenters. The van der Waals surface area contributed by atoms with Crippen LogP contribution >= 0.6 is 0 Å². The molecule has 1 aromatic heterocycles. The Morgan fingerprint density at radius 3 is 2.64 bits per heavy atom. The molecule has 1 aliphatic heterocycles. The van der Waals surface area contributed by atoms with Crippen molar-refractivity contribution in [2.24, 2.45) is 14.1 Å². The van der Waals surface area contributed by atoms with Crippen LogP contribution in [0.1, 0.15) is 24.6 Å². The number of benzene rings is 1. The Hall–Kier alpha value is -2.30. The summed E-state index contributed by atoms with van der Waals surface area (Å²) in [5.41, 5.74) is 2.75. The molecule has 0 radical (unpaired) electrons. The molecule has 0 amide bonds. The molecule has 0 spiro atoms. The smallest absolute Gasteiger partial charge is 0.330 e. The van der Waals surface area contributed by atoms with E-state index in [2.05, 4.69) is 30.0 Å². The monoisotopic (exact) mass is 299 g/mol. The summed E-state index contributed by atoms with van der Waals surface area (Å²) in [6.07, 6.45) is 2.15. The van der Waals surface area contributed by atoms with E-state index in [1.54, 1.807) is 17.7 Å². The van der Waals surface area contributed by atoms with Crippen molar-refractivity contribution in [2.45, 2.75) is 32.4 Å². The largest absolute Gasteiger partial charge is 0.363 e. The molecule has 1 unspecified atom stereocenters. The Kier molecular flexibility index (Phi) is 3.64. The van der Waals surface area contributed by atoms with Crippen molar-refractivity contribution in [3.63, 3.8) is 0 Å². The maximum Gasteiger partial charge on any atom is 0.330 e. The van der Waals surface area contributed by atoms with Gasteiger partial charge in [0.25, 0.3) is 5.56 Å². The van der Waals surface area contributed by atoms with Gasteiger partial charge in [-0.3, -0.25) is 13.9 Å². The van der Waals surface area contributed by atoms with E-state index in [4.69, 9.17) is 0 Å². The Labute approximate surface area is 129 Å². The third-order valence-corrected chi connectivity index (χ3v) is 4.62. The van der Waals surface area contributed by atoms with Crippen molar-refractivity contribution < 1.29 is 0 Å². The third kappa shape index (κ3) is 2.36. The van der Waals surface area contributed by atoms with Crippen molar-refractivity contribution in [2.75, 3.05) is 4.90 Å². The summed E-state index contributed by atoms with van der Waals surface area (Å²) in [5, 5.41) is 0. The Bertz CT molecular complexity index is 819. The van der Waals surface area contributed by atoms with Gasteiger partial charge < -0.3 is 4.90 Å². The maximum absolute atomic E-state index is 12.1. The van der Waals surface area contributed by atoms with E-state index >= 15 is 0 Å². The molecular weight excluding hydrogens is 278 g/mol. The standard InChI is InChI=1S/C17H21N3O2/c1-12-8-9-13-6-4-5-7-15(13)20(12)11-14-10-16(21)19(3)17(22)18(14)2/h4-7,10,12H,8-9,11H2,1-3H3. The summed E-state index contributed by atoms with van der Waals surface area (Å²) >= 11 is 0. The van der Waals surface area contributed by atoms with E-state index in [0.29, 0.717) is 12.6 Å². The first kappa shape index (κ1) is 14.6. The van der Waals surface area contributed by atoms with Crippen LogP contribution in [0.4, 0.5) is 5.69 Å². The highest BCUT2D eigenvalue weighted by molar-refractivity contribution is 5.56. The second-order valence-electron chi connectivity index (χ2n) is 6.02. The Morgan fingerprint density at radius 2 is 1.86 bits per heavy atom. The van der Waals surface area contributed by atoms with Crippen LogP contribution in [0.25, 0.3) is 0 Å². The highest BCUT2D eigenvalue weighted by Gasteiger charge is 2.23. The summed E-state index contributed by atoms with van der Waals surface area (Å²) in [4.78, 5) is 26.3. The number of aromatic nitrogens is 2. The Morgan fingerprint density at radius 1 is 1.14 bits per heavy atom. The molecule has 1 aliphatic rings. The van der Waals surface area contributed by atoms with E-state index in [9.17, 15) is 9.59 Å². The molecule has 22 heavy (non-hydrogen) atoms. The molecule has 0 aliphatic carbocycles. The van der Waals surface area contributed by atoms with Gasteiger partial charge in [0.2, 0.25) is 0 Å². The fourth-order valence-corrected chi connectivity index (χ4v) is 3.11. The highest BCUT2D eigenvalue weighted by atomic mass is 16.2. The van der Waals surface area contributed by atoms with Crippen molar-refractivity contribution in [3.05, 3.63) is 62.4 Å². The number of rotatable bonds is 2. The highest BCUT2D eigenvalue weighted by Crippen LogP contribution is 2.31. The van der Waals surface area contributed by atoms with Crippen LogP contribution in [-0.4, -0.2) is 15.2 Å². The van der Waals surface area contributed by atoms with Gasteiger partial charge in [-0.15, -0.1) is 0 Å². The van der Waals surface area contributed by atoms with Crippen LogP contribution < -0.4 is 16.1 Å². The van der Waals surface area contributed by atoms with Gasteiger partial charge in [-0.2, -0.15) is 0 Å². The quantitative estimate of drug-likeness (QED) is 0.843. The zero-order chi connectivity index (χ0) is 15.9. The van der Waals surface area contributed by atoms with Crippen molar-refractivity contribution in [1.82, 2.24) is 9.13 Å². The minimum atomic E-state index is -0.277. The van der Waals surface area contributed by atoms with Gasteiger partial charge in [-0.1, -0.05) is 18.2 Å². The third-order valence-electron chi connectivity index (χ3n) is 4.62. The van der Waals surface area contributed by atoms with E-state index in [1.807, 2.05) is 6.07 Å². The number of anilines is 1. The van der Waals surface area contributed by atoms with Crippen LogP contribution in [0.2, 0.25) is 0 Å². The Balaban J connectivity index is 2.04. The van der Waals surface area contributed by atoms with Crippen LogP contribution in [0, 0.1) is 0 Å². The lowest BCUT2D eigenvalue weighted by Crippen LogP contribution is -2.42. The minimum absolute atomic E-state index is 0.254. The SMILES string of the molecule is CC1CCc2ccccc2N1Cc1cc(=O)n(C)c(=O)n1C. The molecule has 2 heterocycles. The van der Waals surface area contributed by atoms with Crippen LogP contribution in [-0.2, 0) is 27.1 Å². The minimum Gasteiger partial charge on any atom is -0.363 e. The summed E-state index contributed by atoms with van der Waals surface area (Å²) < 4.78 is 2.70. The lowest BCUT2D eigenvalue weighted by Gasteiger charge is -2.37. The number of fused-ring (bicyclic) bond motifs is 1. The van der Waals surface area contributed by atoms with Crippen molar-refractivity contribution in [3.8, 4) is 0 Å². The van der Waals surface area contributed by atoms with Gasteiger partial charge in [-0.25, -0.2) is 4.79 Å². The van der Waals surface area contributed by atoms with Gasteiger partial charge >= 0.3 is 5.69 Å². The van der Waals surface area contributed by atoms with Crippen molar-refractivity contribution in [1.29, 1.82) is 0 Å². The summed E-state index contributed by atoms with van der Waals surface area (Å²) in [7, 11) is 3.23. The average molecular weight is 299 g/mol. The molecule has 5 nitrogen and oxygen atoms in total. The lowest BCUT2D eigenvalue weighted by molar-refractivity contribution is 0.541. The number of hydrogen-bond donors (Lipinski definition) is 0. The molecule has 0 saturated carbocycles. The molecule has 116 valence electrons. The first-order chi connectivity index (χ1) is 10.5. The van der Waals surface area contributed by atoms with Crippen LogP contribution in [0.15, 0.2) is 39.9 Å². The van der Waals surface area contributed by atoms with Gasteiger partial charge in [0, 0.05) is 37.6 Å². The first-order valence-electron chi connectivity index (χ1n) is 7.59. The molecule has 2 aromatic rings. The molecular formula is C17H21N3O2. The summed E-state index contributed by atoms with van der Waals surface area (Å²) in [6, 6.07) is 10.3. The molecule has 1 aromatic carbocycles. The fraction of sp³-hybridized carbons (Fsp3) is 0.412.